The number of fused-ring (bicyclic) bond motifs is 1. The monoisotopic (exact) mass is 268 g/mol. The molecule has 0 bridgehead atoms. The fraction of sp³-hybridized carbons (Fsp3) is 0.500. The maximum Gasteiger partial charge on any atom is 0.228 e. The molecule has 2 rings (SSSR count). The average Bonchev–Trinajstić information content (AvgIpc) is 2.37. The van der Waals surface area contributed by atoms with Crippen molar-refractivity contribution in [1.29, 1.82) is 0 Å². The summed E-state index contributed by atoms with van der Waals surface area (Å²) in [5, 5.41) is 3.02. The van der Waals surface area contributed by atoms with Gasteiger partial charge in [-0.15, -0.1) is 12.4 Å². The van der Waals surface area contributed by atoms with E-state index in [0.29, 0.717) is 12.3 Å². The van der Waals surface area contributed by atoms with Crippen molar-refractivity contribution < 1.29 is 4.79 Å². The molecule has 1 aliphatic heterocycles. The minimum Gasteiger partial charge on any atom is -0.319 e. The highest BCUT2D eigenvalue weighted by molar-refractivity contribution is 5.94. The van der Waals surface area contributed by atoms with Crippen LogP contribution in [0.5, 0.6) is 0 Å². The molecule has 1 N–H and O–H groups in total. The lowest BCUT2D eigenvalue weighted by molar-refractivity contribution is -0.118. The van der Waals surface area contributed by atoms with Crippen molar-refractivity contribution in [2.45, 2.75) is 25.7 Å². The van der Waals surface area contributed by atoms with E-state index in [1.807, 2.05) is 18.0 Å². The molecule has 100 valence electrons. The van der Waals surface area contributed by atoms with Crippen LogP contribution in [0.4, 0.5) is 5.69 Å². The summed E-state index contributed by atoms with van der Waals surface area (Å²) < 4.78 is 0. The molecule has 0 fully saturated rings. The quantitative estimate of drug-likeness (QED) is 0.914. The first-order chi connectivity index (χ1) is 8.24. The second kappa shape index (κ2) is 6.76. The van der Waals surface area contributed by atoms with Gasteiger partial charge < -0.3 is 10.2 Å². The number of hydrogen-bond acceptors (Lipinski definition) is 2. The number of carbonyl (C=O) groups is 1. The Bertz CT molecular complexity index is 409. The van der Waals surface area contributed by atoms with Gasteiger partial charge >= 0.3 is 0 Å². The number of benzene rings is 1. The van der Waals surface area contributed by atoms with Gasteiger partial charge in [-0.25, -0.2) is 0 Å². The van der Waals surface area contributed by atoms with Crippen LogP contribution in [0.2, 0.25) is 0 Å². The van der Waals surface area contributed by atoms with Crippen molar-refractivity contribution in [1.82, 2.24) is 5.32 Å². The Labute approximate surface area is 115 Å². The number of carbonyl (C=O) groups excluding carboxylic acids is 1. The zero-order valence-electron chi connectivity index (χ0n) is 11.0. The lowest BCUT2D eigenvalue weighted by Gasteiger charge is -2.33. The summed E-state index contributed by atoms with van der Waals surface area (Å²) in [6.45, 7) is 3.82. The standard InChI is InChI=1S/C14H20N2O.ClH/c1-11-8-10-16(14(17)7-9-15-2)13-6-4-3-5-12(11)13;/h3-6,11,15H,7-10H2,1-2H3;1H. The fourth-order valence-corrected chi connectivity index (χ4v) is 2.37. The molecule has 1 aromatic rings. The van der Waals surface area contributed by atoms with Gasteiger partial charge in [-0.3, -0.25) is 4.79 Å². The van der Waals surface area contributed by atoms with Crippen LogP contribution in [0.25, 0.3) is 0 Å². The molecule has 1 heterocycles. The number of nitrogens with zero attached hydrogens (tertiary/aromatic N) is 1. The number of halogens is 1. The van der Waals surface area contributed by atoms with Crippen molar-refractivity contribution in [3.05, 3.63) is 29.8 Å². The molecule has 0 saturated heterocycles. The fourth-order valence-electron chi connectivity index (χ4n) is 2.37. The SMILES string of the molecule is CNCCC(=O)N1CCC(C)c2ccccc21.Cl. The molecular formula is C14H21ClN2O. The van der Waals surface area contributed by atoms with Gasteiger partial charge in [0.25, 0.3) is 0 Å². The predicted molar refractivity (Wildman–Crippen MR) is 77.6 cm³/mol. The Kier molecular flexibility index (Phi) is 5.63. The molecular weight excluding hydrogens is 248 g/mol. The van der Waals surface area contributed by atoms with Crippen molar-refractivity contribution >= 4 is 24.0 Å². The number of anilines is 1. The molecule has 1 aliphatic rings. The highest BCUT2D eigenvalue weighted by Crippen LogP contribution is 2.34. The third-order valence-corrected chi connectivity index (χ3v) is 3.43. The van der Waals surface area contributed by atoms with Gasteiger partial charge in [0.15, 0.2) is 0 Å². The van der Waals surface area contributed by atoms with Gasteiger partial charge in [0, 0.05) is 25.2 Å². The van der Waals surface area contributed by atoms with E-state index >= 15 is 0 Å². The molecule has 0 aliphatic carbocycles. The molecule has 1 atom stereocenters. The Morgan fingerprint density at radius 1 is 1.44 bits per heavy atom. The van der Waals surface area contributed by atoms with Gasteiger partial charge in [-0.1, -0.05) is 25.1 Å². The molecule has 1 amide bonds. The summed E-state index contributed by atoms with van der Waals surface area (Å²) in [5.74, 6) is 0.776. The van der Waals surface area contributed by atoms with Crippen molar-refractivity contribution in [3.8, 4) is 0 Å². The van der Waals surface area contributed by atoms with Crippen LogP contribution in [0.3, 0.4) is 0 Å². The third-order valence-electron chi connectivity index (χ3n) is 3.43. The third kappa shape index (κ3) is 3.03. The first kappa shape index (κ1) is 15.0. The molecule has 0 aromatic heterocycles. The van der Waals surface area contributed by atoms with Crippen LogP contribution >= 0.6 is 12.4 Å². The molecule has 0 radical (unpaired) electrons. The Morgan fingerprint density at radius 3 is 2.89 bits per heavy atom. The van der Waals surface area contributed by atoms with Gasteiger partial charge in [0.05, 0.1) is 0 Å². The second-order valence-electron chi connectivity index (χ2n) is 4.65. The normalized spacial score (nSPS) is 17.9. The number of para-hydroxylation sites is 1. The second-order valence-corrected chi connectivity index (χ2v) is 4.65. The van der Waals surface area contributed by atoms with E-state index in [4.69, 9.17) is 0 Å². The van der Waals surface area contributed by atoms with Gasteiger partial charge in [-0.05, 0) is 31.0 Å². The summed E-state index contributed by atoms with van der Waals surface area (Å²) in [6, 6.07) is 8.26. The summed E-state index contributed by atoms with van der Waals surface area (Å²) >= 11 is 0. The summed E-state index contributed by atoms with van der Waals surface area (Å²) in [4.78, 5) is 14.0. The smallest absolute Gasteiger partial charge is 0.228 e. The van der Waals surface area contributed by atoms with Crippen LogP contribution < -0.4 is 10.2 Å². The summed E-state index contributed by atoms with van der Waals surface area (Å²) in [6.07, 6.45) is 1.63. The highest BCUT2D eigenvalue weighted by atomic mass is 35.5. The Balaban J connectivity index is 0.00000162. The molecule has 1 aromatic carbocycles. The number of rotatable bonds is 3. The van der Waals surface area contributed by atoms with Crippen molar-refractivity contribution in [2.24, 2.45) is 0 Å². The zero-order chi connectivity index (χ0) is 12.3. The van der Waals surface area contributed by atoms with E-state index in [-0.39, 0.29) is 18.3 Å². The molecule has 18 heavy (non-hydrogen) atoms. The van der Waals surface area contributed by atoms with Gasteiger partial charge in [-0.2, -0.15) is 0 Å². The minimum atomic E-state index is 0. The van der Waals surface area contributed by atoms with Crippen LogP contribution in [-0.4, -0.2) is 26.0 Å². The predicted octanol–water partition coefficient (Wildman–Crippen LogP) is 2.56. The van der Waals surface area contributed by atoms with Gasteiger partial charge in [0.1, 0.15) is 0 Å². The van der Waals surface area contributed by atoms with E-state index < -0.39 is 0 Å². The molecule has 4 heteroatoms. The summed E-state index contributed by atoms with van der Waals surface area (Å²) in [5.41, 5.74) is 2.41. The average molecular weight is 269 g/mol. The topological polar surface area (TPSA) is 32.3 Å². The van der Waals surface area contributed by atoms with E-state index in [2.05, 4.69) is 30.4 Å². The van der Waals surface area contributed by atoms with E-state index in [1.165, 1.54) is 5.56 Å². The largest absolute Gasteiger partial charge is 0.319 e. The van der Waals surface area contributed by atoms with Crippen LogP contribution in [-0.2, 0) is 4.79 Å². The summed E-state index contributed by atoms with van der Waals surface area (Å²) in [7, 11) is 1.87. The minimum absolute atomic E-state index is 0. The highest BCUT2D eigenvalue weighted by Gasteiger charge is 2.25. The van der Waals surface area contributed by atoms with E-state index in [9.17, 15) is 4.79 Å². The maximum absolute atomic E-state index is 12.1. The number of nitrogens with one attached hydrogen (secondary N) is 1. The Morgan fingerprint density at radius 2 is 2.17 bits per heavy atom. The Hall–Kier alpha value is -1.06. The molecule has 0 saturated carbocycles. The zero-order valence-corrected chi connectivity index (χ0v) is 11.8. The first-order valence-corrected chi connectivity index (χ1v) is 6.28. The van der Waals surface area contributed by atoms with E-state index in [1.54, 1.807) is 0 Å². The van der Waals surface area contributed by atoms with Crippen LogP contribution in [0, 0.1) is 0 Å². The molecule has 1 unspecified atom stereocenters. The van der Waals surface area contributed by atoms with Crippen molar-refractivity contribution in [2.75, 3.05) is 25.0 Å². The molecule has 0 spiro atoms. The number of hydrogen-bond donors (Lipinski definition) is 1. The number of amides is 1. The maximum atomic E-state index is 12.1. The van der Waals surface area contributed by atoms with Gasteiger partial charge in [0.2, 0.25) is 5.91 Å². The van der Waals surface area contributed by atoms with Crippen LogP contribution in [0.15, 0.2) is 24.3 Å². The lowest BCUT2D eigenvalue weighted by atomic mass is 9.91. The van der Waals surface area contributed by atoms with E-state index in [0.717, 1.165) is 25.2 Å². The molecule has 3 nitrogen and oxygen atoms in total. The lowest BCUT2D eigenvalue weighted by Crippen LogP contribution is -2.37. The van der Waals surface area contributed by atoms with Crippen molar-refractivity contribution in [3.63, 3.8) is 0 Å². The first-order valence-electron chi connectivity index (χ1n) is 6.28. The van der Waals surface area contributed by atoms with Crippen LogP contribution in [0.1, 0.15) is 31.2 Å².